The fourth-order valence-electron chi connectivity index (χ4n) is 5.31. The number of methoxy groups -OCH3 is 2. The summed E-state index contributed by atoms with van der Waals surface area (Å²) < 4.78 is 11.7. The van der Waals surface area contributed by atoms with E-state index in [0.29, 0.717) is 11.6 Å². The van der Waals surface area contributed by atoms with Gasteiger partial charge in [0.15, 0.2) is 0 Å². The highest BCUT2D eigenvalue weighted by Crippen LogP contribution is 2.47. The van der Waals surface area contributed by atoms with E-state index in [4.69, 9.17) is 14.7 Å². The minimum absolute atomic E-state index is 0.421. The van der Waals surface area contributed by atoms with Gasteiger partial charge in [-0.15, -0.1) is 5.73 Å². The summed E-state index contributed by atoms with van der Waals surface area (Å²) in [6, 6.07) is 20.3. The van der Waals surface area contributed by atoms with Crippen LogP contribution >= 0.6 is 0 Å². The van der Waals surface area contributed by atoms with Crippen LogP contribution in [0.1, 0.15) is 57.7 Å². The molecular weight excluding hydrogens is 506 g/mol. The zero-order valence-corrected chi connectivity index (χ0v) is 24.8. The van der Waals surface area contributed by atoms with Gasteiger partial charge in [-0.25, -0.2) is 4.98 Å². The Morgan fingerprint density at radius 1 is 0.927 bits per heavy atom. The number of rotatable bonds is 11. The smallest absolute Gasteiger partial charge is 0.146 e. The van der Waals surface area contributed by atoms with Crippen LogP contribution in [-0.4, -0.2) is 19.2 Å². The quantitative estimate of drug-likeness (QED) is 0.225. The fraction of sp³-hybridized carbons (Fsp3) is 0.306. The van der Waals surface area contributed by atoms with Crippen LogP contribution in [0.3, 0.4) is 0 Å². The first-order valence-corrected chi connectivity index (χ1v) is 14.2. The summed E-state index contributed by atoms with van der Waals surface area (Å²) in [7, 11) is 3.42. The molecule has 41 heavy (non-hydrogen) atoms. The average molecular weight is 546 g/mol. The standard InChI is InChI=1S/C36H39N3O2/c1-7-27-22-31(20-12-25(3)4)39(36-34(40-5)10-9-11-35(36)41-6)33(8-2)32(27)21-15-26-13-16-28(17-14-26)29-18-19-30(23-37)38-24-29/h9-11,13-14,16-19,22,24-25H,1,8,12,15,20-21H2,2-6H3. The third kappa shape index (κ3) is 6.62. The van der Waals surface area contributed by atoms with Gasteiger partial charge in [0.1, 0.15) is 28.9 Å². The second-order valence-corrected chi connectivity index (χ2v) is 10.5. The Morgan fingerprint density at radius 2 is 1.61 bits per heavy atom. The van der Waals surface area contributed by atoms with Crippen LogP contribution in [0, 0.1) is 17.2 Å². The van der Waals surface area contributed by atoms with Crippen LogP contribution in [0.25, 0.3) is 11.1 Å². The molecule has 0 unspecified atom stereocenters. The van der Waals surface area contributed by atoms with Gasteiger partial charge in [-0.2, -0.15) is 5.26 Å². The maximum Gasteiger partial charge on any atom is 0.146 e. The van der Waals surface area contributed by atoms with E-state index in [9.17, 15) is 0 Å². The van der Waals surface area contributed by atoms with E-state index in [1.807, 2.05) is 24.3 Å². The normalized spacial score (nSPS) is 13.1. The van der Waals surface area contributed by atoms with Gasteiger partial charge in [0, 0.05) is 28.7 Å². The summed E-state index contributed by atoms with van der Waals surface area (Å²) in [5.41, 5.74) is 12.7. The van der Waals surface area contributed by atoms with Crippen molar-refractivity contribution in [3.8, 4) is 28.7 Å². The van der Waals surface area contributed by atoms with Gasteiger partial charge >= 0.3 is 0 Å². The molecule has 1 aliphatic rings. The summed E-state index contributed by atoms with van der Waals surface area (Å²) in [4.78, 5) is 6.56. The maximum absolute atomic E-state index is 9.03. The topological polar surface area (TPSA) is 58.4 Å². The van der Waals surface area contributed by atoms with Crippen LogP contribution in [0.5, 0.6) is 11.5 Å². The molecule has 210 valence electrons. The van der Waals surface area contributed by atoms with Crippen molar-refractivity contribution in [3.05, 3.63) is 113 Å². The minimum atomic E-state index is 0.421. The van der Waals surface area contributed by atoms with Crippen molar-refractivity contribution in [2.45, 2.75) is 52.9 Å². The molecule has 2 aromatic carbocycles. The molecule has 0 amide bonds. The molecule has 0 bridgehead atoms. The molecule has 3 aromatic rings. The van der Waals surface area contributed by atoms with Crippen molar-refractivity contribution in [1.82, 2.24) is 4.98 Å². The number of ether oxygens (including phenoxy) is 2. The molecule has 1 aliphatic heterocycles. The van der Waals surface area contributed by atoms with Crippen molar-refractivity contribution in [2.24, 2.45) is 5.92 Å². The number of aryl methyl sites for hydroxylation is 1. The predicted molar refractivity (Wildman–Crippen MR) is 167 cm³/mol. The minimum Gasteiger partial charge on any atom is -0.494 e. The Kier molecular flexibility index (Phi) is 9.85. The Morgan fingerprint density at radius 3 is 2.15 bits per heavy atom. The third-order valence-electron chi connectivity index (χ3n) is 7.50. The molecule has 0 saturated heterocycles. The molecule has 4 rings (SSSR count). The van der Waals surface area contributed by atoms with Crippen LogP contribution in [0.2, 0.25) is 0 Å². The molecule has 0 aliphatic carbocycles. The van der Waals surface area contributed by atoms with Gasteiger partial charge in [-0.1, -0.05) is 57.7 Å². The lowest BCUT2D eigenvalue weighted by molar-refractivity contribution is 0.395. The monoisotopic (exact) mass is 545 g/mol. The number of hydrogen-bond acceptors (Lipinski definition) is 5. The second-order valence-electron chi connectivity index (χ2n) is 10.5. The largest absolute Gasteiger partial charge is 0.494 e. The van der Waals surface area contributed by atoms with E-state index in [2.05, 4.69) is 79.4 Å². The predicted octanol–water partition coefficient (Wildman–Crippen LogP) is 8.79. The molecule has 0 atom stereocenters. The van der Waals surface area contributed by atoms with E-state index >= 15 is 0 Å². The molecule has 5 heteroatoms. The number of allylic oxidation sites excluding steroid dienone is 5. The number of benzene rings is 2. The highest BCUT2D eigenvalue weighted by atomic mass is 16.5. The molecule has 0 saturated carbocycles. The SMILES string of the molecule is C=C=C1C=C(CCC(C)C)N(c2c(OC)cccc2OC)C(CC)=C1CCc1ccc(-c2ccc(C#N)nc2)cc1. The Labute approximate surface area is 244 Å². The van der Waals surface area contributed by atoms with E-state index in [1.165, 1.54) is 22.5 Å². The number of hydrogen-bond donors (Lipinski definition) is 0. The van der Waals surface area contributed by atoms with Gasteiger partial charge in [0.25, 0.3) is 0 Å². The van der Waals surface area contributed by atoms with Crippen LogP contribution in [0.15, 0.2) is 102 Å². The van der Waals surface area contributed by atoms with Gasteiger partial charge in [0.05, 0.1) is 14.2 Å². The van der Waals surface area contributed by atoms with Crippen LogP contribution < -0.4 is 14.4 Å². The zero-order valence-electron chi connectivity index (χ0n) is 24.8. The van der Waals surface area contributed by atoms with E-state index in [-0.39, 0.29) is 0 Å². The average Bonchev–Trinajstić information content (AvgIpc) is 3.02. The van der Waals surface area contributed by atoms with Crippen molar-refractivity contribution >= 4 is 5.69 Å². The first-order chi connectivity index (χ1) is 19.9. The van der Waals surface area contributed by atoms with Gasteiger partial charge in [-0.05, 0) is 85.1 Å². The Bertz CT molecular complexity index is 1490. The van der Waals surface area contributed by atoms with Crippen molar-refractivity contribution < 1.29 is 9.47 Å². The number of nitriles is 1. The number of aromatic nitrogens is 1. The third-order valence-corrected chi connectivity index (χ3v) is 7.50. The molecule has 0 radical (unpaired) electrons. The number of anilines is 1. The van der Waals surface area contributed by atoms with E-state index < -0.39 is 0 Å². The molecule has 2 heterocycles. The molecule has 0 N–H and O–H groups in total. The summed E-state index contributed by atoms with van der Waals surface area (Å²) in [5.74, 6) is 2.14. The molecule has 0 spiro atoms. The zero-order chi connectivity index (χ0) is 29.4. The summed E-state index contributed by atoms with van der Waals surface area (Å²) in [5, 5.41) is 9.03. The summed E-state index contributed by atoms with van der Waals surface area (Å²) >= 11 is 0. The van der Waals surface area contributed by atoms with Gasteiger partial charge in [0.2, 0.25) is 0 Å². The highest BCUT2D eigenvalue weighted by molar-refractivity contribution is 5.76. The second kappa shape index (κ2) is 13.7. The number of para-hydroxylation sites is 1. The van der Waals surface area contributed by atoms with Crippen molar-refractivity contribution in [1.29, 1.82) is 5.26 Å². The fourth-order valence-corrected chi connectivity index (χ4v) is 5.31. The first kappa shape index (κ1) is 29.5. The lowest BCUT2D eigenvalue weighted by atomic mass is 9.89. The summed E-state index contributed by atoms with van der Waals surface area (Å²) in [6.45, 7) is 10.8. The van der Waals surface area contributed by atoms with Crippen molar-refractivity contribution in [2.75, 3.05) is 19.1 Å². The Balaban J connectivity index is 1.70. The molecular formula is C36H39N3O2. The number of pyridine rings is 1. The maximum atomic E-state index is 9.03. The summed E-state index contributed by atoms with van der Waals surface area (Å²) in [6.07, 6.45) is 8.55. The highest BCUT2D eigenvalue weighted by Gasteiger charge is 2.30. The van der Waals surface area contributed by atoms with Crippen LogP contribution in [-0.2, 0) is 6.42 Å². The van der Waals surface area contributed by atoms with Crippen molar-refractivity contribution in [3.63, 3.8) is 0 Å². The lowest BCUT2D eigenvalue weighted by Crippen LogP contribution is -2.28. The Hall–Kier alpha value is -4.52. The van der Waals surface area contributed by atoms with E-state index in [1.54, 1.807) is 26.5 Å². The van der Waals surface area contributed by atoms with Crippen LogP contribution in [0.4, 0.5) is 5.69 Å². The molecule has 5 nitrogen and oxygen atoms in total. The lowest BCUT2D eigenvalue weighted by Gasteiger charge is -2.37. The van der Waals surface area contributed by atoms with Gasteiger partial charge in [-0.3, -0.25) is 0 Å². The van der Waals surface area contributed by atoms with E-state index in [0.717, 1.165) is 66.0 Å². The molecule has 0 fully saturated rings. The first-order valence-electron chi connectivity index (χ1n) is 14.2. The number of nitrogens with zero attached hydrogens (tertiary/aromatic N) is 3. The van der Waals surface area contributed by atoms with Gasteiger partial charge < -0.3 is 14.4 Å². The molecule has 1 aromatic heterocycles.